The van der Waals surface area contributed by atoms with Crippen molar-refractivity contribution in [3.05, 3.63) is 64.9 Å². The number of esters is 2. The molecule has 0 aromatic heterocycles. The van der Waals surface area contributed by atoms with Crippen LogP contribution in [-0.4, -0.2) is 52.1 Å². The van der Waals surface area contributed by atoms with E-state index in [1.165, 1.54) is 38.5 Å². The summed E-state index contributed by atoms with van der Waals surface area (Å²) in [6.45, 7) is 0. The van der Waals surface area contributed by atoms with Crippen LogP contribution >= 0.6 is 0 Å². The summed E-state index contributed by atoms with van der Waals surface area (Å²) in [5.74, 6) is -2.98. The van der Waals surface area contributed by atoms with Gasteiger partial charge in [0.15, 0.2) is 5.57 Å². The van der Waals surface area contributed by atoms with Gasteiger partial charge in [0.2, 0.25) is 5.78 Å². The molecule has 0 saturated carbocycles. The number of ether oxygens (including phenoxy) is 4. The summed E-state index contributed by atoms with van der Waals surface area (Å²) in [5.41, 5.74) is -0.714. The van der Waals surface area contributed by atoms with Crippen molar-refractivity contribution in [2.24, 2.45) is 0 Å². The number of methoxy groups -OCH3 is 4. The number of ketones is 1. The van der Waals surface area contributed by atoms with Crippen molar-refractivity contribution in [2.45, 2.75) is 0 Å². The average Bonchev–Trinajstić information content (AvgIpc) is 3.10. The minimum Gasteiger partial charge on any atom is -0.497 e. The van der Waals surface area contributed by atoms with Gasteiger partial charge in [-0.3, -0.25) is 14.5 Å². The molecule has 0 aliphatic carbocycles. The maximum atomic E-state index is 13.6. The lowest BCUT2D eigenvalue weighted by Crippen LogP contribution is -2.33. The van der Waals surface area contributed by atoms with Crippen molar-refractivity contribution in [1.82, 2.24) is 0 Å². The van der Waals surface area contributed by atoms with Gasteiger partial charge < -0.3 is 18.9 Å². The lowest BCUT2D eigenvalue weighted by Gasteiger charge is -2.21. The molecule has 0 N–H and O–H groups in total. The number of carbonyl (C=O) groups excluding carboxylic acids is 4. The van der Waals surface area contributed by atoms with E-state index in [2.05, 4.69) is 9.47 Å². The Labute approximate surface area is 177 Å². The van der Waals surface area contributed by atoms with Crippen molar-refractivity contribution >= 4 is 29.3 Å². The molecule has 0 bridgehead atoms. The molecular weight excluding hydrogens is 406 g/mol. The zero-order valence-electron chi connectivity index (χ0n) is 17.3. The third-order valence-electron chi connectivity index (χ3n) is 4.69. The Morgan fingerprint density at radius 2 is 1.48 bits per heavy atom. The number of allylic oxidation sites excluding steroid dienone is 1. The molecule has 2 aromatic rings. The van der Waals surface area contributed by atoms with E-state index >= 15 is 0 Å². The molecular formula is C22H19NO8. The second kappa shape index (κ2) is 8.70. The molecule has 2 aromatic carbocycles. The van der Waals surface area contributed by atoms with Crippen LogP contribution in [0.5, 0.6) is 11.5 Å². The van der Waals surface area contributed by atoms with Crippen molar-refractivity contribution in [2.75, 3.05) is 33.3 Å². The molecule has 1 aliphatic heterocycles. The molecule has 0 spiro atoms. The van der Waals surface area contributed by atoms with Crippen LogP contribution < -0.4 is 14.4 Å². The van der Waals surface area contributed by atoms with Crippen LogP contribution in [0.4, 0.5) is 5.69 Å². The highest BCUT2D eigenvalue weighted by Crippen LogP contribution is 2.39. The highest BCUT2D eigenvalue weighted by Gasteiger charge is 2.43. The number of amides is 1. The van der Waals surface area contributed by atoms with Crippen LogP contribution in [0.15, 0.2) is 53.7 Å². The number of hydrogen-bond donors (Lipinski definition) is 0. The second-order valence-corrected chi connectivity index (χ2v) is 6.26. The predicted octanol–water partition coefficient (Wildman–Crippen LogP) is 2.15. The molecule has 3 rings (SSSR count). The summed E-state index contributed by atoms with van der Waals surface area (Å²) in [5, 5.41) is 0. The van der Waals surface area contributed by atoms with E-state index in [0.717, 1.165) is 19.1 Å². The molecule has 1 aliphatic rings. The van der Waals surface area contributed by atoms with Gasteiger partial charge in [-0.05, 0) is 24.3 Å². The lowest BCUT2D eigenvalue weighted by atomic mass is 10.1. The van der Waals surface area contributed by atoms with Crippen LogP contribution in [0.3, 0.4) is 0 Å². The number of carbonyl (C=O) groups is 4. The van der Waals surface area contributed by atoms with E-state index in [4.69, 9.17) is 9.47 Å². The summed E-state index contributed by atoms with van der Waals surface area (Å²) < 4.78 is 19.8. The number of anilines is 1. The Bertz CT molecular complexity index is 1100. The highest BCUT2D eigenvalue weighted by atomic mass is 16.5. The highest BCUT2D eigenvalue weighted by molar-refractivity contribution is 6.33. The van der Waals surface area contributed by atoms with Gasteiger partial charge in [-0.2, -0.15) is 0 Å². The van der Waals surface area contributed by atoms with Gasteiger partial charge in [0, 0.05) is 11.6 Å². The van der Waals surface area contributed by atoms with Crippen LogP contribution in [-0.2, 0) is 19.1 Å². The number of fused-ring (bicyclic) bond motifs is 1. The summed E-state index contributed by atoms with van der Waals surface area (Å²) in [6.07, 6.45) is 0. The van der Waals surface area contributed by atoms with Crippen LogP contribution in [0.2, 0.25) is 0 Å². The van der Waals surface area contributed by atoms with Gasteiger partial charge >= 0.3 is 11.9 Å². The Kier molecular flexibility index (Phi) is 6.05. The lowest BCUT2D eigenvalue weighted by molar-refractivity contribution is -0.144. The Balaban J connectivity index is 2.30. The fourth-order valence-electron chi connectivity index (χ4n) is 3.22. The molecule has 9 heteroatoms. The van der Waals surface area contributed by atoms with Crippen molar-refractivity contribution < 1.29 is 38.1 Å². The van der Waals surface area contributed by atoms with E-state index in [0.29, 0.717) is 5.75 Å². The maximum absolute atomic E-state index is 13.6. The molecule has 0 unspecified atom stereocenters. The smallest absolute Gasteiger partial charge is 0.347 e. The largest absolute Gasteiger partial charge is 0.497 e. The summed E-state index contributed by atoms with van der Waals surface area (Å²) >= 11 is 0. The van der Waals surface area contributed by atoms with Crippen LogP contribution in [0.1, 0.15) is 20.7 Å². The SMILES string of the molecule is COC(=O)C(C(=O)OC)=C1C(=O)c2ccccc2N1C(=O)c1ccc(OC)cc1OC. The van der Waals surface area contributed by atoms with Crippen LogP contribution in [0, 0.1) is 0 Å². The summed E-state index contributed by atoms with van der Waals surface area (Å²) in [6, 6.07) is 10.7. The fourth-order valence-corrected chi connectivity index (χ4v) is 3.22. The van der Waals surface area contributed by atoms with Gasteiger partial charge in [0.05, 0.1) is 39.7 Å². The maximum Gasteiger partial charge on any atom is 0.347 e. The summed E-state index contributed by atoms with van der Waals surface area (Å²) in [7, 11) is 4.94. The average molecular weight is 425 g/mol. The Morgan fingerprint density at radius 3 is 2.06 bits per heavy atom. The minimum atomic E-state index is -1.11. The molecule has 1 amide bonds. The first-order valence-electron chi connectivity index (χ1n) is 9.00. The number of hydrogen-bond acceptors (Lipinski definition) is 8. The van der Waals surface area contributed by atoms with E-state index < -0.39 is 34.9 Å². The normalized spacial score (nSPS) is 12.2. The van der Waals surface area contributed by atoms with Crippen LogP contribution in [0.25, 0.3) is 0 Å². The van der Waals surface area contributed by atoms with Gasteiger partial charge in [-0.25, -0.2) is 9.59 Å². The molecule has 9 nitrogen and oxygen atoms in total. The number of nitrogens with zero attached hydrogens (tertiary/aromatic N) is 1. The first-order chi connectivity index (χ1) is 14.9. The van der Waals surface area contributed by atoms with Gasteiger partial charge in [-0.15, -0.1) is 0 Å². The summed E-state index contributed by atoms with van der Waals surface area (Å²) in [4.78, 5) is 52.5. The fraction of sp³-hybridized carbons (Fsp3) is 0.182. The van der Waals surface area contributed by atoms with E-state index in [1.807, 2.05) is 0 Å². The zero-order valence-corrected chi connectivity index (χ0v) is 17.3. The first-order valence-corrected chi connectivity index (χ1v) is 9.00. The van der Waals surface area contributed by atoms with Crippen molar-refractivity contribution in [1.29, 1.82) is 0 Å². The molecule has 1 heterocycles. The van der Waals surface area contributed by atoms with E-state index in [9.17, 15) is 19.2 Å². The Morgan fingerprint density at radius 1 is 0.839 bits per heavy atom. The number of benzene rings is 2. The van der Waals surface area contributed by atoms with Gasteiger partial charge in [0.1, 0.15) is 17.2 Å². The number of rotatable bonds is 5. The van der Waals surface area contributed by atoms with Crippen molar-refractivity contribution in [3.63, 3.8) is 0 Å². The molecule has 0 saturated heterocycles. The Hall–Kier alpha value is -4.14. The standard InChI is InChI=1S/C22H19NO8/c1-28-12-9-10-14(16(11-12)29-2)20(25)23-15-8-6-5-7-13(15)19(24)18(23)17(21(26)30-3)22(27)31-4/h5-11H,1-4H3. The van der Waals surface area contributed by atoms with E-state index in [-0.39, 0.29) is 22.6 Å². The van der Waals surface area contributed by atoms with Gasteiger partial charge in [-0.1, -0.05) is 12.1 Å². The topological polar surface area (TPSA) is 108 Å². The molecule has 0 atom stereocenters. The monoisotopic (exact) mass is 425 g/mol. The second-order valence-electron chi connectivity index (χ2n) is 6.26. The zero-order chi connectivity index (χ0) is 22.7. The molecule has 0 fully saturated rings. The number of para-hydroxylation sites is 1. The molecule has 0 radical (unpaired) electrons. The minimum absolute atomic E-state index is 0.0828. The predicted molar refractivity (Wildman–Crippen MR) is 108 cm³/mol. The van der Waals surface area contributed by atoms with Gasteiger partial charge in [0.25, 0.3) is 5.91 Å². The van der Waals surface area contributed by atoms with Crippen molar-refractivity contribution in [3.8, 4) is 11.5 Å². The molecule has 31 heavy (non-hydrogen) atoms. The first kappa shape index (κ1) is 21.6. The van der Waals surface area contributed by atoms with E-state index in [1.54, 1.807) is 18.2 Å². The number of Topliss-reactive ketones (excluding diaryl/α,β-unsaturated/α-hetero) is 1. The third-order valence-corrected chi connectivity index (χ3v) is 4.69. The third kappa shape index (κ3) is 3.61. The quantitative estimate of drug-likeness (QED) is 0.310. The molecule has 160 valence electrons.